The fourth-order valence-corrected chi connectivity index (χ4v) is 4.75. The van der Waals surface area contributed by atoms with Gasteiger partial charge in [-0.2, -0.15) is 0 Å². The van der Waals surface area contributed by atoms with Crippen LogP contribution in [0.4, 0.5) is 5.69 Å². The zero-order valence-corrected chi connectivity index (χ0v) is 22.6. The van der Waals surface area contributed by atoms with Gasteiger partial charge in [0.15, 0.2) is 11.0 Å². The van der Waals surface area contributed by atoms with Gasteiger partial charge in [0.1, 0.15) is 18.1 Å². The van der Waals surface area contributed by atoms with Crippen LogP contribution in [0, 0.1) is 0 Å². The molecule has 0 bridgehead atoms. The lowest BCUT2D eigenvalue weighted by atomic mass is 10.3. The average Bonchev–Trinajstić information content (AvgIpc) is 3.30. The molecule has 10 nitrogen and oxygen atoms in total. The van der Waals surface area contributed by atoms with Gasteiger partial charge in [-0.25, -0.2) is 13.6 Å². The maximum absolute atomic E-state index is 12.6. The molecule has 1 aromatic heterocycles. The fraction of sp³-hybridized carbons (Fsp3) is 0.160. The Balaban J connectivity index is 1.49. The third-order valence-corrected chi connectivity index (χ3v) is 7.20. The van der Waals surface area contributed by atoms with Crippen LogP contribution in [0.1, 0.15) is 12.7 Å². The van der Waals surface area contributed by atoms with E-state index in [4.69, 9.17) is 26.2 Å². The number of thioether (sulfide) groups is 1. The summed E-state index contributed by atoms with van der Waals surface area (Å²) in [6.45, 7) is 2.59. The first-order valence-electron chi connectivity index (χ1n) is 11.3. The number of rotatable bonds is 11. The number of hydrogen-bond acceptors (Lipinski definition) is 8. The van der Waals surface area contributed by atoms with E-state index >= 15 is 0 Å². The molecule has 0 radical (unpaired) electrons. The number of anilines is 1. The first-order chi connectivity index (χ1) is 18.2. The van der Waals surface area contributed by atoms with Crippen LogP contribution in [0.5, 0.6) is 11.5 Å². The summed E-state index contributed by atoms with van der Waals surface area (Å²) in [5.41, 5.74) is 1.21. The van der Waals surface area contributed by atoms with Crippen molar-refractivity contribution in [2.75, 3.05) is 17.7 Å². The summed E-state index contributed by atoms with van der Waals surface area (Å²) in [6, 6.07) is 20.0. The average molecular weight is 574 g/mol. The lowest BCUT2D eigenvalue weighted by Gasteiger charge is -2.12. The minimum Gasteiger partial charge on any atom is -0.494 e. The summed E-state index contributed by atoms with van der Waals surface area (Å²) < 4.78 is 36.1. The Labute approximate surface area is 229 Å². The van der Waals surface area contributed by atoms with Crippen LogP contribution in [-0.4, -0.2) is 41.4 Å². The monoisotopic (exact) mass is 573 g/mol. The molecule has 0 saturated heterocycles. The number of nitrogens with one attached hydrogen (secondary N) is 1. The van der Waals surface area contributed by atoms with Gasteiger partial charge in [-0.15, -0.1) is 10.2 Å². The van der Waals surface area contributed by atoms with Crippen molar-refractivity contribution in [3.05, 3.63) is 83.6 Å². The molecule has 4 aromatic rings. The van der Waals surface area contributed by atoms with Gasteiger partial charge in [0.25, 0.3) is 0 Å². The predicted molar refractivity (Wildman–Crippen MR) is 145 cm³/mol. The zero-order valence-electron chi connectivity index (χ0n) is 20.2. The Morgan fingerprint density at radius 3 is 2.24 bits per heavy atom. The molecule has 198 valence electrons. The minimum atomic E-state index is -3.81. The van der Waals surface area contributed by atoms with Gasteiger partial charge < -0.3 is 14.8 Å². The number of benzene rings is 3. The maximum Gasteiger partial charge on any atom is 0.238 e. The van der Waals surface area contributed by atoms with Crippen LogP contribution < -0.4 is 19.9 Å². The molecule has 0 atom stereocenters. The second kappa shape index (κ2) is 12.3. The Hall–Kier alpha value is -3.58. The highest BCUT2D eigenvalue weighted by Crippen LogP contribution is 2.25. The molecule has 0 unspecified atom stereocenters. The molecule has 3 N–H and O–H groups in total. The molecule has 0 saturated carbocycles. The molecule has 0 aliphatic carbocycles. The number of primary sulfonamides is 1. The van der Waals surface area contributed by atoms with Crippen molar-refractivity contribution in [3.63, 3.8) is 0 Å². The van der Waals surface area contributed by atoms with E-state index in [1.807, 2.05) is 35.8 Å². The number of nitrogens with two attached hydrogens (primary N) is 1. The highest BCUT2D eigenvalue weighted by molar-refractivity contribution is 7.99. The molecular weight excluding hydrogens is 550 g/mol. The Kier molecular flexibility index (Phi) is 8.89. The summed E-state index contributed by atoms with van der Waals surface area (Å²) in [4.78, 5) is 12.6. The number of nitrogens with zero attached hydrogens (tertiary/aromatic N) is 3. The van der Waals surface area contributed by atoms with Crippen LogP contribution in [0.25, 0.3) is 5.69 Å². The molecule has 4 rings (SSSR count). The van der Waals surface area contributed by atoms with Crippen LogP contribution in [0.2, 0.25) is 5.02 Å². The fourth-order valence-electron chi connectivity index (χ4n) is 3.34. The smallest absolute Gasteiger partial charge is 0.238 e. The molecule has 0 aliphatic heterocycles. The molecule has 1 amide bonds. The summed E-state index contributed by atoms with van der Waals surface area (Å²) in [7, 11) is -3.81. The minimum absolute atomic E-state index is 0.0319. The number of amides is 1. The number of ether oxygens (including phenoxy) is 2. The molecule has 0 spiro atoms. The van der Waals surface area contributed by atoms with Crippen LogP contribution >= 0.6 is 23.4 Å². The molecule has 1 heterocycles. The lowest BCUT2D eigenvalue weighted by molar-refractivity contribution is -0.113. The van der Waals surface area contributed by atoms with Gasteiger partial charge in [0, 0.05) is 16.4 Å². The highest BCUT2D eigenvalue weighted by Gasteiger charge is 2.17. The molecule has 0 fully saturated rings. The predicted octanol–water partition coefficient (Wildman–Crippen LogP) is 4.28. The second-order valence-corrected chi connectivity index (χ2v) is 10.8. The van der Waals surface area contributed by atoms with Gasteiger partial charge in [-0.1, -0.05) is 23.4 Å². The third kappa shape index (κ3) is 7.25. The number of hydrogen-bond donors (Lipinski definition) is 2. The quantitative estimate of drug-likeness (QED) is 0.254. The number of aromatic nitrogens is 3. The van der Waals surface area contributed by atoms with Gasteiger partial charge in [0.2, 0.25) is 15.9 Å². The molecule has 38 heavy (non-hydrogen) atoms. The number of carbonyl (C=O) groups is 1. The summed E-state index contributed by atoms with van der Waals surface area (Å²) in [6.07, 6.45) is 0. The Bertz CT molecular complexity index is 1490. The van der Waals surface area contributed by atoms with E-state index in [2.05, 4.69) is 15.5 Å². The van der Waals surface area contributed by atoms with E-state index < -0.39 is 10.0 Å². The van der Waals surface area contributed by atoms with Crippen LogP contribution in [0.3, 0.4) is 0 Å². The van der Waals surface area contributed by atoms with Gasteiger partial charge in [-0.05, 0) is 79.7 Å². The Morgan fingerprint density at radius 1 is 0.974 bits per heavy atom. The van der Waals surface area contributed by atoms with Crippen molar-refractivity contribution in [2.45, 2.75) is 23.6 Å². The first-order valence-corrected chi connectivity index (χ1v) is 14.3. The summed E-state index contributed by atoms with van der Waals surface area (Å²) in [5.74, 6) is 1.61. The lowest BCUT2D eigenvalue weighted by Crippen LogP contribution is -2.15. The number of sulfonamides is 1. The normalized spacial score (nSPS) is 11.2. The number of halogens is 1. The van der Waals surface area contributed by atoms with E-state index in [1.165, 1.54) is 36.0 Å². The maximum atomic E-state index is 12.6. The largest absolute Gasteiger partial charge is 0.494 e. The van der Waals surface area contributed by atoms with E-state index in [1.54, 1.807) is 24.3 Å². The van der Waals surface area contributed by atoms with Crippen molar-refractivity contribution < 1.29 is 22.7 Å². The van der Waals surface area contributed by atoms with E-state index in [-0.39, 0.29) is 23.2 Å². The third-order valence-electron chi connectivity index (χ3n) is 5.09. The van der Waals surface area contributed by atoms with Crippen LogP contribution in [-0.2, 0) is 21.4 Å². The van der Waals surface area contributed by atoms with Crippen molar-refractivity contribution in [3.8, 4) is 17.2 Å². The molecule has 0 aliphatic rings. The van der Waals surface area contributed by atoms with Gasteiger partial charge in [0.05, 0.1) is 17.3 Å². The summed E-state index contributed by atoms with van der Waals surface area (Å²) >= 11 is 7.14. The van der Waals surface area contributed by atoms with E-state index in [9.17, 15) is 13.2 Å². The molecular formula is C25H24ClN5O5S2. The first kappa shape index (κ1) is 27.5. The molecule has 3 aromatic carbocycles. The van der Waals surface area contributed by atoms with E-state index in [0.717, 1.165) is 11.4 Å². The van der Waals surface area contributed by atoms with Crippen LogP contribution in [0.15, 0.2) is 82.8 Å². The standard InChI is InChI=1S/C25H24ClN5O5S2/c1-2-35-20-11-7-19(8-12-20)31-23(15-36-21-9-3-17(26)4-10-21)29-30-25(31)37-16-24(32)28-18-5-13-22(14-6-18)38(27,33)34/h3-14H,2,15-16H2,1H3,(H,28,32)(H2,27,33,34). The summed E-state index contributed by atoms with van der Waals surface area (Å²) in [5, 5.41) is 17.5. The van der Waals surface area contributed by atoms with Crippen molar-refractivity contribution >= 4 is 45.0 Å². The van der Waals surface area contributed by atoms with Crippen molar-refractivity contribution in [2.24, 2.45) is 5.14 Å². The van der Waals surface area contributed by atoms with Crippen molar-refractivity contribution in [1.29, 1.82) is 0 Å². The SMILES string of the molecule is CCOc1ccc(-n2c(COc3ccc(Cl)cc3)nnc2SCC(=O)Nc2ccc(S(N)(=O)=O)cc2)cc1. The number of carbonyl (C=O) groups excluding carboxylic acids is 1. The van der Waals surface area contributed by atoms with Gasteiger partial charge >= 0.3 is 0 Å². The van der Waals surface area contributed by atoms with Gasteiger partial charge in [-0.3, -0.25) is 9.36 Å². The van der Waals surface area contributed by atoms with E-state index in [0.29, 0.717) is 34.0 Å². The Morgan fingerprint density at radius 2 is 1.61 bits per heavy atom. The zero-order chi connectivity index (χ0) is 27.1. The second-order valence-electron chi connectivity index (χ2n) is 7.81. The topological polar surface area (TPSA) is 138 Å². The van der Waals surface area contributed by atoms with Crippen molar-refractivity contribution in [1.82, 2.24) is 14.8 Å². The molecule has 13 heteroatoms. The highest BCUT2D eigenvalue weighted by atomic mass is 35.5.